The molecule has 19 heavy (non-hydrogen) atoms. The first-order valence-electron chi connectivity index (χ1n) is 6.12. The SMILES string of the molecule is COC(=O)C1CCN(C(=O)NCC(C)(C)C(=O)O)C1. The lowest BCUT2D eigenvalue weighted by Gasteiger charge is -2.22. The van der Waals surface area contributed by atoms with Crippen LogP contribution in [0.2, 0.25) is 0 Å². The number of carbonyl (C=O) groups is 3. The molecule has 1 atom stereocenters. The minimum absolute atomic E-state index is 0.0422. The summed E-state index contributed by atoms with van der Waals surface area (Å²) in [6.45, 7) is 3.90. The summed E-state index contributed by atoms with van der Waals surface area (Å²) >= 11 is 0. The first-order chi connectivity index (χ1) is 8.77. The van der Waals surface area contributed by atoms with E-state index in [0.29, 0.717) is 19.5 Å². The van der Waals surface area contributed by atoms with Gasteiger partial charge in [-0.1, -0.05) is 0 Å². The number of rotatable bonds is 4. The van der Waals surface area contributed by atoms with E-state index in [1.54, 1.807) is 0 Å². The fraction of sp³-hybridized carbons (Fsp3) is 0.750. The van der Waals surface area contributed by atoms with Gasteiger partial charge in [0.15, 0.2) is 0 Å². The molecule has 1 rings (SSSR count). The van der Waals surface area contributed by atoms with Crippen LogP contribution in [0.1, 0.15) is 20.3 Å². The van der Waals surface area contributed by atoms with Crippen molar-refractivity contribution in [1.29, 1.82) is 0 Å². The van der Waals surface area contributed by atoms with Crippen LogP contribution in [0.3, 0.4) is 0 Å². The summed E-state index contributed by atoms with van der Waals surface area (Å²) in [5, 5.41) is 11.5. The highest BCUT2D eigenvalue weighted by Crippen LogP contribution is 2.18. The number of aliphatic carboxylic acids is 1. The number of hydrogen-bond donors (Lipinski definition) is 2. The van der Waals surface area contributed by atoms with E-state index in [0.717, 1.165) is 0 Å². The number of carboxylic acids is 1. The van der Waals surface area contributed by atoms with E-state index in [9.17, 15) is 14.4 Å². The molecule has 0 bridgehead atoms. The second kappa shape index (κ2) is 5.90. The average molecular weight is 272 g/mol. The molecule has 0 aromatic rings. The molecule has 1 fully saturated rings. The first kappa shape index (κ1) is 15.3. The van der Waals surface area contributed by atoms with Crippen molar-refractivity contribution in [3.63, 3.8) is 0 Å². The number of likely N-dealkylation sites (tertiary alicyclic amines) is 1. The van der Waals surface area contributed by atoms with Crippen LogP contribution < -0.4 is 5.32 Å². The molecule has 2 N–H and O–H groups in total. The molecule has 0 aromatic carbocycles. The summed E-state index contributed by atoms with van der Waals surface area (Å²) < 4.78 is 4.63. The third-order valence-electron chi connectivity index (χ3n) is 3.27. The maximum Gasteiger partial charge on any atom is 0.317 e. The van der Waals surface area contributed by atoms with E-state index >= 15 is 0 Å². The standard InChI is InChI=1S/C12H20N2O5/c1-12(2,10(16)17)7-13-11(18)14-5-4-8(6-14)9(15)19-3/h8H,4-7H2,1-3H3,(H,13,18)(H,16,17). The van der Waals surface area contributed by atoms with Crippen molar-refractivity contribution in [3.05, 3.63) is 0 Å². The average Bonchev–Trinajstić information content (AvgIpc) is 2.84. The van der Waals surface area contributed by atoms with Crippen LogP contribution in [0.15, 0.2) is 0 Å². The first-order valence-corrected chi connectivity index (χ1v) is 6.12. The van der Waals surface area contributed by atoms with Crippen molar-refractivity contribution in [2.45, 2.75) is 20.3 Å². The molecule has 1 aliphatic heterocycles. The Morgan fingerprint density at radius 3 is 2.58 bits per heavy atom. The minimum Gasteiger partial charge on any atom is -0.481 e. The predicted molar refractivity (Wildman–Crippen MR) is 66.5 cm³/mol. The van der Waals surface area contributed by atoms with Gasteiger partial charge in [-0.3, -0.25) is 9.59 Å². The van der Waals surface area contributed by atoms with Gasteiger partial charge in [0.05, 0.1) is 18.4 Å². The molecule has 0 spiro atoms. The maximum absolute atomic E-state index is 11.8. The molecule has 1 heterocycles. The van der Waals surface area contributed by atoms with Gasteiger partial charge in [-0.15, -0.1) is 0 Å². The quantitative estimate of drug-likeness (QED) is 0.718. The lowest BCUT2D eigenvalue weighted by atomic mass is 9.94. The molecular formula is C12H20N2O5. The Morgan fingerprint density at radius 2 is 2.05 bits per heavy atom. The minimum atomic E-state index is -1.02. The summed E-state index contributed by atoms with van der Waals surface area (Å²) in [5.74, 6) is -1.58. The van der Waals surface area contributed by atoms with Crippen LogP contribution in [-0.2, 0) is 14.3 Å². The van der Waals surface area contributed by atoms with Crippen LogP contribution in [0.25, 0.3) is 0 Å². The van der Waals surface area contributed by atoms with Crippen LogP contribution in [0.4, 0.5) is 4.79 Å². The Bertz CT molecular complexity index is 380. The zero-order chi connectivity index (χ0) is 14.6. The van der Waals surface area contributed by atoms with Crippen molar-refractivity contribution < 1.29 is 24.2 Å². The zero-order valence-corrected chi connectivity index (χ0v) is 11.4. The largest absolute Gasteiger partial charge is 0.481 e. The lowest BCUT2D eigenvalue weighted by molar-refractivity contribution is -0.146. The van der Waals surface area contributed by atoms with E-state index < -0.39 is 11.4 Å². The molecule has 0 radical (unpaired) electrons. The van der Waals surface area contributed by atoms with E-state index in [2.05, 4.69) is 10.1 Å². The summed E-state index contributed by atoms with van der Waals surface area (Å²) in [4.78, 5) is 35.6. The molecule has 0 aliphatic carbocycles. The normalized spacial score (nSPS) is 19.1. The van der Waals surface area contributed by atoms with Gasteiger partial charge in [0.2, 0.25) is 0 Å². The van der Waals surface area contributed by atoms with Crippen LogP contribution in [0, 0.1) is 11.3 Å². The Balaban J connectivity index is 2.44. The van der Waals surface area contributed by atoms with Gasteiger partial charge in [0.1, 0.15) is 0 Å². The van der Waals surface area contributed by atoms with Crippen LogP contribution in [0.5, 0.6) is 0 Å². The molecule has 7 heteroatoms. The molecule has 108 valence electrons. The highest BCUT2D eigenvalue weighted by Gasteiger charge is 2.33. The van der Waals surface area contributed by atoms with Gasteiger partial charge in [0, 0.05) is 19.6 Å². The van der Waals surface area contributed by atoms with Crippen LogP contribution >= 0.6 is 0 Å². The fourth-order valence-electron chi connectivity index (χ4n) is 1.79. The van der Waals surface area contributed by atoms with Crippen molar-refractivity contribution >= 4 is 18.0 Å². The number of esters is 1. The number of urea groups is 1. The summed E-state index contributed by atoms with van der Waals surface area (Å²) in [5.41, 5.74) is -1.02. The number of nitrogens with zero attached hydrogens (tertiary/aromatic N) is 1. The fourth-order valence-corrected chi connectivity index (χ4v) is 1.79. The second-order valence-electron chi connectivity index (χ2n) is 5.30. The van der Waals surface area contributed by atoms with E-state index in [-0.39, 0.29) is 24.5 Å². The third-order valence-corrected chi connectivity index (χ3v) is 3.27. The van der Waals surface area contributed by atoms with Crippen molar-refractivity contribution in [1.82, 2.24) is 10.2 Å². The lowest BCUT2D eigenvalue weighted by Crippen LogP contribution is -2.45. The molecule has 1 unspecified atom stereocenters. The van der Waals surface area contributed by atoms with Gasteiger partial charge >= 0.3 is 18.0 Å². The summed E-state index contributed by atoms with van der Waals surface area (Å²) in [6.07, 6.45) is 0.572. The van der Waals surface area contributed by atoms with Crippen molar-refractivity contribution in [2.75, 3.05) is 26.7 Å². The number of amides is 2. The highest BCUT2D eigenvalue weighted by molar-refractivity contribution is 5.79. The Morgan fingerprint density at radius 1 is 1.42 bits per heavy atom. The Hall–Kier alpha value is -1.79. The maximum atomic E-state index is 11.8. The molecule has 2 amide bonds. The molecule has 7 nitrogen and oxygen atoms in total. The Labute approximate surface area is 111 Å². The third kappa shape index (κ3) is 3.84. The van der Waals surface area contributed by atoms with Gasteiger partial charge in [-0.25, -0.2) is 4.79 Å². The monoisotopic (exact) mass is 272 g/mol. The van der Waals surface area contributed by atoms with E-state index in [1.807, 2.05) is 0 Å². The zero-order valence-electron chi connectivity index (χ0n) is 11.4. The summed E-state index contributed by atoms with van der Waals surface area (Å²) in [7, 11) is 1.32. The molecule has 0 saturated carbocycles. The number of nitrogens with one attached hydrogen (secondary N) is 1. The number of carbonyl (C=O) groups excluding carboxylic acids is 2. The molecule has 1 aliphatic rings. The second-order valence-corrected chi connectivity index (χ2v) is 5.30. The predicted octanol–water partition coefficient (Wildman–Crippen LogP) is 0.302. The summed E-state index contributed by atoms with van der Waals surface area (Å²) in [6, 6.07) is -0.347. The number of carboxylic acid groups (broad SMARTS) is 1. The number of methoxy groups -OCH3 is 1. The highest BCUT2D eigenvalue weighted by atomic mass is 16.5. The number of hydrogen-bond acceptors (Lipinski definition) is 4. The van der Waals surface area contributed by atoms with Crippen molar-refractivity contribution in [2.24, 2.45) is 11.3 Å². The van der Waals surface area contributed by atoms with Gasteiger partial charge in [0.25, 0.3) is 0 Å². The number of ether oxygens (including phenoxy) is 1. The molecular weight excluding hydrogens is 252 g/mol. The van der Waals surface area contributed by atoms with Gasteiger partial charge < -0.3 is 20.1 Å². The van der Waals surface area contributed by atoms with Gasteiger partial charge in [-0.2, -0.15) is 0 Å². The van der Waals surface area contributed by atoms with Gasteiger partial charge in [-0.05, 0) is 20.3 Å². The topological polar surface area (TPSA) is 95.9 Å². The molecule has 0 aromatic heterocycles. The smallest absolute Gasteiger partial charge is 0.317 e. The molecule has 1 saturated heterocycles. The Kier molecular flexibility index (Phi) is 4.74. The van der Waals surface area contributed by atoms with E-state index in [4.69, 9.17) is 5.11 Å². The van der Waals surface area contributed by atoms with E-state index in [1.165, 1.54) is 25.9 Å². The van der Waals surface area contributed by atoms with Crippen LogP contribution in [-0.4, -0.2) is 54.7 Å². The van der Waals surface area contributed by atoms with Crippen molar-refractivity contribution in [3.8, 4) is 0 Å².